The van der Waals surface area contributed by atoms with Crippen LogP contribution in [0.25, 0.3) is 0 Å². The molecular formula is C9H10N4OS. The summed E-state index contributed by atoms with van der Waals surface area (Å²) >= 11 is 1.32. The van der Waals surface area contributed by atoms with Crippen LogP contribution in [-0.4, -0.2) is 23.2 Å². The molecule has 1 aromatic rings. The van der Waals surface area contributed by atoms with Crippen molar-refractivity contribution in [3.8, 4) is 6.07 Å². The van der Waals surface area contributed by atoms with Crippen molar-refractivity contribution in [1.82, 2.24) is 10.3 Å². The van der Waals surface area contributed by atoms with Gasteiger partial charge in [-0.1, -0.05) is 0 Å². The van der Waals surface area contributed by atoms with Crippen molar-refractivity contribution >= 4 is 23.4 Å². The summed E-state index contributed by atoms with van der Waals surface area (Å²) in [5.74, 6) is 0.0633. The standard InChI is InChI=1S/C9H10N4OS/c10-2-4-13-9(14)6-15-8-1-3-12-5-7(8)11/h1,3,5H,4,6,11H2,(H,13,14). The number of nitrogens with zero attached hydrogens (tertiary/aromatic N) is 2. The summed E-state index contributed by atoms with van der Waals surface area (Å²) in [7, 11) is 0. The predicted octanol–water partition coefficient (Wildman–Crippen LogP) is 0.396. The molecule has 0 saturated heterocycles. The molecule has 1 amide bonds. The van der Waals surface area contributed by atoms with Crippen LogP contribution in [0.2, 0.25) is 0 Å². The Morgan fingerprint density at radius 1 is 1.73 bits per heavy atom. The number of hydrogen-bond acceptors (Lipinski definition) is 5. The van der Waals surface area contributed by atoms with E-state index in [1.165, 1.54) is 18.0 Å². The van der Waals surface area contributed by atoms with Crippen LogP contribution in [0.1, 0.15) is 0 Å². The highest BCUT2D eigenvalue weighted by Crippen LogP contribution is 2.22. The fourth-order valence-corrected chi connectivity index (χ4v) is 1.62. The number of nitriles is 1. The highest BCUT2D eigenvalue weighted by atomic mass is 32.2. The molecule has 1 heterocycles. The van der Waals surface area contributed by atoms with E-state index in [2.05, 4.69) is 10.3 Å². The summed E-state index contributed by atoms with van der Waals surface area (Å²) in [5.41, 5.74) is 6.19. The molecule has 78 valence electrons. The third-order valence-corrected chi connectivity index (χ3v) is 2.62. The molecule has 0 fully saturated rings. The highest BCUT2D eigenvalue weighted by Gasteiger charge is 2.03. The summed E-state index contributed by atoms with van der Waals surface area (Å²) in [6.45, 7) is 0.0330. The Morgan fingerprint density at radius 3 is 3.20 bits per heavy atom. The number of pyridine rings is 1. The Kier molecular flexibility index (Phi) is 4.44. The number of nitrogen functional groups attached to an aromatic ring is 1. The number of carbonyl (C=O) groups is 1. The Labute approximate surface area is 91.7 Å². The van der Waals surface area contributed by atoms with E-state index in [9.17, 15) is 4.79 Å². The number of hydrogen-bond donors (Lipinski definition) is 2. The van der Waals surface area contributed by atoms with E-state index in [1.807, 2.05) is 6.07 Å². The molecule has 0 aliphatic carbocycles. The number of rotatable bonds is 4. The van der Waals surface area contributed by atoms with Crippen molar-refractivity contribution in [2.45, 2.75) is 4.90 Å². The number of nitrogens with one attached hydrogen (secondary N) is 1. The minimum atomic E-state index is -0.183. The largest absolute Gasteiger partial charge is 0.397 e. The Hall–Kier alpha value is -1.74. The molecule has 1 aromatic heterocycles. The first-order valence-corrected chi connectivity index (χ1v) is 5.18. The summed E-state index contributed by atoms with van der Waals surface area (Å²) in [6.07, 6.45) is 3.15. The van der Waals surface area contributed by atoms with Gasteiger partial charge in [0, 0.05) is 11.1 Å². The molecule has 0 aromatic carbocycles. The number of amides is 1. The molecule has 0 saturated carbocycles. The lowest BCUT2D eigenvalue weighted by atomic mass is 10.4. The van der Waals surface area contributed by atoms with Gasteiger partial charge in [-0.3, -0.25) is 9.78 Å². The number of carbonyl (C=O) groups excluding carboxylic acids is 1. The van der Waals surface area contributed by atoms with Gasteiger partial charge in [-0.25, -0.2) is 0 Å². The van der Waals surface area contributed by atoms with Gasteiger partial charge in [-0.2, -0.15) is 5.26 Å². The normalized spacial score (nSPS) is 9.27. The lowest BCUT2D eigenvalue weighted by Crippen LogP contribution is -2.25. The van der Waals surface area contributed by atoms with Crippen LogP contribution in [0.3, 0.4) is 0 Å². The van der Waals surface area contributed by atoms with E-state index in [0.29, 0.717) is 5.69 Å². The molecule has 0 unspecified atom stereocenters. The van der Waals surface area contributed by atoms with Crippen LogP contribution >= 0.6 is 11.8 Å². The van der Waals surface area contributed by atoms with Crippen LogP contribution in [0.4, 0.5) is 5.69 Å². The molecule has 0 aliphatic heterocycles. The molecular weight excluding hydrogens is 212 g/mol. The monoisotopic (exact) mass is 222 g/mol. The van der Waals surface area contributed by atoms with Crippen molar-refractivity contribution < 1.29 is 4.79 Å². The maximum absolute atomic E-state index is 11.1. The third kappa shape index (κ3) is 3.87. The number of thioether (sulfide) groups is 1. The Bertz CT molecular complexity index is 388. The van der Waals surface area contributed by atoms with E-state index >= 15 is 0 Å². The second-order valence-corrected chi connectivity index (χ2v) is 3.65. The molecule has 1 rings (SSSR count). The molecule has 3 N–H and O–H groups in total. The lowest BCUT2D eigenvalue weighted by molar-refractivity contribution is -0.118. The van der Waals surface area contributed by atoms with Crippen LogP contribution in [0, 0.1) is 11.3 Å². The van der Waals surface area contributed by atoms with E-state index in [4.69, 9.17) is 11.0 Å². The van der Waals surface area contributed by atoms with Gasteiger partial charge in [0.15, 0.2) is 0 Å². The van der Waals surface area contributed by atoms with Gasteiger partial charge >= 0.3 is 0 Å². The van der Waals surface area contributed by atoms with Crippen molar-refractivity contribution in [3.05, 3.63) is 18.5 Å². The summed E-state index contributed by atoms with van der Waals surface area (Å²) in [4.78, 5) is 15.8. The van der Waals surface area contributed by atoms with Crippen LogP contribution in [0.15, 0.2) is 23.4 Å². The smallest absolute Gasteiger partial charge is 0.231 e. The summed E-state index contributed by atoms with van der Waals surface area (Å²) in [5, 5.41) is 10.7. The van der Waals surface area contributed by atoms with Gasteiger partial charge in [0.25, 0.3) is 0 Å². The fourth-order valence-electron chi connectivity index (χ4n) is 0.858. The average molecular weight is 222 g/mol. The molecule has 0 bridgehead atoms. The van der Waals surface area contributed by atoms with Crippen LogP contribution in [-0.2, 0) is 4.79 Å². The van der Waals surface area contributed by atoms with Crippen LogP contribution < -0.4 is 11.1 Å². The lowest BCUT2D eigenvalue weighted by Gasteiger charge is -2.03. The zero-order chi connectivity index (χ0) is 11.1. The van der Waals surface area contributed by atoms with Crippen molar-refractivity contribution in [1.29, 1.82) is 5.26 Å². The van der Waals surface area contributed by atoms with E-state index in [0.717, 1.165) is 4.90 Å². The average Bonchev–Trinajstić information content (AvgIpc) is 2.25. The van der Waals surface area contributed by atoms with Crippen molar-refractivity contribution in [3.63, 3.8) is 0 Å². The quantitative estimate of drug-likeness (QED) is 0.568. The maximum Gasteiger partial charge on any atom is 0.231 e. The van der Waals surface area contributed by atoms with Gasteiger partial charge in [0.05, 0.1) is 23.7 Å². The van der Waals surface area contributed by atoms with Gasteiger partial charge in [-0.05, 0) is 6.07 Å². The number of nitrogens with two attached hydrogens (primary N) is 1. The molecule has 0 radical (unpaired) electrons. The van der Waals surface area contributed by atoms with Crippen molar-refractivity contribution in [2.24, 2.45) is 0 Å². The van der Waals surface area contributed by atoms with E-state index in [1.54, 1.807) is 12.3 Å². The Morgan fingerprint density at radius 2 is 2.53 bits per heavy atom. The second-order valence-electron chi connectivity index (χ2n) is 2.64. The minimum Gasteiger partial charge on any atom is -0.397 e. The first-order valence-electron chi connectivity index (χ1n) is 4.20. The maximum atomic E-state index is 11.1. The SMILES string of the molecule is N#CCNC(=O)CSc1ccncc1N. The molecule has 0 aliphatic rings. The first-order chi connectivity index (χ1) is 7.24. The number of anilines is 1. The minimum absolute atomic E-state index is 0.0330. The van der Waals surface area contributed by atoms with Gasteiger partial charge in [0.1, 0.15) is 6.54 Å². The molecule has 15 heavy (non-hydrogen) atoms. The molecule has 6 heteroatoms. The highest BCUT2D eigenvalue weighted by molar-refractivity contribution is 8.00. The zero-order valence-electron chi connectivity index (χ0n) is 7.93. The Balaban J connectivity index is 2.41. The van der Waals surface area contributed by atoms with Gasteiger partial charge < -0.3 is 11.1 Å². The molecule has 5 nitrogen and oxygen atoms in total. The first kappa shape index (κ1) is 11.3. The van der Waals surface area contributed by atoms with Crippen LogP contribution in [0.5, 0.6) is 0 Å². The second kappa shape index (κ2) is 5.88. The zero-order valence-corrected chi connectivity index (χ0v) is 8.75. The van der Waals surface area contributed by atoms with E-state index in [-0.39, 0.29) is 18.2 Å². The van der Waals surface area contributed by atoms with Gasteiger partial charge in [-0.15, -0.1) is 11.8 Å². The molecule has 0 atom stereocenters. The summed E-state index contributed by atoms with van der Waals surface area (Å²) in [6, 6.07) is 3.58. The van der Waals surface area contributed by atoms with E-state index < -0.39 is 0 Å². The van der Waals surface area contributed by atoms with Gasteiger partial charge in [0.2, 0.25) is 5.91 Å². The number of aromatic nitrogens is 1. The summed E-state index contributed by atoms with van der Waals surface area (Å²) < 4.78 is 0. The predicted molar refractivity (Wildman–Crippen MR) is 58.0 cm³/mol. The molecule has 0 spiro atoms. The third-order valence-electron chi connectivity index (χ3n) is 1.53. The fraction of sp³-hybridized carbons (Fsp3) is 0.222. The topological polar surface area (TPSA) is 91.8 Å². The van der Waals surface area contributed by atoms with Crippen molar-refractivity contribution in [2.75, 3.05) is 18.0 Å².